The Morgan fingerprint density at radius 2 is 1.42 bits per heavy atom. The molecule has 0 spiro atoms. The Balaban J connectivity index is 1.13. The first-order valence-corrected chi connectivity index (χ1v) is 14.6. The van der Waals surface area contributed by atoms with E-state index in [1.807, 2.05) is 0 Å². The Kier molecular flexibility index (Phi) is 7.98. The van der Waals surface area contributed by atoms with E-state index in [1.54, 1.807) is 0 Å². The van der Waals surface area contributed by atoms with Gasteiger partial charge in [0.15, 0.2) is 35.4 Å². The van der Waals surface area contributed by atoms with Crippen molar-refractivity contribution in [3.8, 4) is 0 Å². The van der Waals surface area contributed by atoms with Gasteiger partial charge in [0.1, 0.15) is 66.7 Å². The molecule has 0 amide bonds. The Morgan fingerprint density at radius 1 is 0.884 bits per heavy atom. The molecule has 43 heavy (non-hydrogen) atoms. The zero-order valence-electron chi connectivity index (χ0n) is 22.5. The fourth-order valence-electron chi connectivity index (χ4n) is 5.13. The maximum absolute atomic E-state index is 13.0. The molecule has 4 aromatic rings. The van der Waals surface area contributed by atoms with Gasteiger partial charge in [-0.25, -0.2) is 29.9 Å². The maximum atomic E-state index is 13.0. The number of aliphatic hydroxyl groups is 3. The van der Waals surface area contributed by atoms with Gasteiger partial charge in [0.2, 0.25) is 0 Å². The van der Waals surface area contributed by atoms with E-state index in [9.17, 15) is 24.8 Å². The van der Waals surface area contributed by atoms with Gasteiger partial charge < -0.3 is 55.2 Å². The van der Waals surface area contributed by atoms with Crippen LogP contribution in [0.5, 0.6) is 0 Å². The van der Waals surface area contributed by atoms with E-state index in [-0.39, 0.29) is 22.8 Å². The lowest BCUT2D eigenvalue weighted by Gasteiger charge is -2.24. The summed E-state index contributed by atoms with van der Waals surface area (Å²) in [4.78, 5) is 35.0. The average molecular weight is 625 g/mol. The van der Waals surface area contributed by atoms with Gasteiger partial charge in [-0.1, -0.05) is 0 Å². The summed E-state index contributed by atoms with van der Waals surface area (Å²) in [6.07, 6.45) is -4.67. The molecule has 0 aliphatic carbocycles. The number of aliphatic hydroxyl groups excluding tert-OH is 3. The van der Waals surface area contributed by atoms with Crippen LogP contribution < -0.4 is 11.5 Å². The summed E-state index contributed by atoms with van der Waals surface area (Å²) >= 11 is 0. The largest absolute Gasteiger partial charge is 0.394 e. The maximum Gasteiger partial charge on any atom is 0.353 e. The lowest BCUT2D eigenvalue weighted by Crippen LogP contribution is -2.36. The summed E-state index contributed by atoms with van der Waals surface area (Å²) in [5, 5.41) is 31.3. The standard InChI is InChI=1S/C22H29N10O10P/c1-38-15-14(35)10(42-21(15)31-6-29-11-17(23)25-4-27-19(11)31)3-40-43(36,37)8-39-16-13(34)9(2-33)41-22(16)32-7-30-12-18(24)26-5-28-20(12)32/h4-7,9-10,13-16,21-22,33-35H,2-3,8H2,1H3,(H,36,37)(H2,23,25,27)(H2,24,26,28)/t9-,10-,13?,14?,15?,16?,21-,22-/m1/s1. The van der Waals surface area contributed by atoms with Crippen LogP contribution in [0.3, 0.4) is 0 Å². The van der Waals surface area contributed by atoms with Crippen LogP contribution in [0.2, 0.25) is 0 Å². The van der Waals surface area contributed by atoms with Crippen LogP contribution in [0.4, 0.5) is 11.6 Å². The molecule has 2 fully saturated rings. The number of ether oxygens (including phenoxy) is 4. The first-order valence-electron chi connectivity index (χ1n) is 12.9. The van der Waals surface area contributed by atoms with Crippen molar-refractivity contribution in [2.24, 2.45) is 0 Å². The summed E-state index contributed by atoms with van der Waals surface area (Å²) in [6.45, 7) is -1.08. The minimum absolute atomic E-state index is 0.111. The van der Waals surface area contributed by atoms with Crippen molar-refractivity contribution >= 4 is 41.6 Å². The average Bonchev–Trinajstić information content (AvgIpc) is 3.75. The van der Waals surface area contributed by atoms with Gasteiger partial charge in [0.05, 0.1) is 25.9 Å². The summed E-state index contributed by atoms with van der Waals surface area (Å²) in [5.74, 6) is 0.265. The summed E-state index contributed by atoms with van der Waals surface area (Å²) in [7, 11) is -3.13. The van der Waals surface area contributed by atoms with Crippen molar-refractivity contribution in [1.82, 2.24) is 39.0 Å². The van der Waals surface area contributed by atoms with Crippen LogP contribution in [0.15, 0.2) is 25.3 Å². The fourth-order valence-corrected chi connectivity index (χ4v) is 5.94. The van der Waals surface area contributed by atoms with Crippen molar-refractivity contribution in [3.05, 3.63) is 25.3 Å². The first-order chi connectivity index (χ1) is 20.6. The Morgan fingerprint density at radius 3 is 1.98 bits per heavy atom. The van der Waals surface area contributed by atoms with Gasteiger partial charge in [0.25, 0.3) is 0 Å². The molecular weight excluding hydrogens is 595 g/mol. The van der Waals surface area contributed by atoms with Crippen molar-refractivity contribution in [2.45, 2.75) is 49.1 Å². The number of hydrogen-bond acceptors (Lipinski definition) is 17. The minimum atomic E-state index is -4.50. The molecule has 2 aliphatic heterocycles. The Labute approximate surface area is 241 Å². The summed E-state index contributed by atoms with van der Waals surface area (Å²) in [5.41, 5.74) is 12.9. The monoisotopic (exact) mass is 624 g/mol. The normalized spacial score (nSPS) is 30.8. The van der Waals surface area contributed by atoms with Crippen LogP contribution in [0.1, 0.15) is 12.5 Å². The van der Waals surface area contributed by atoms with E-state index in [0.29, 0.717) is 11.2 Å². The molecule has 0 bridgehead atoms. The van der Waals surface area contributed by atoms with Crippen molar-refractivity contribution in [3.63, 3.8) is 0 Å². The van der Waals surface area contributed by atoms with Gasteiger partial charge in [-0.3, -0.25) is 13.7 Å². The molecule has 9 atom stereocenters. The quantitative estimate of drug-likeness (QED) is 0.103. The zero-order valence-corrected chi connectivity index (χ0v) is 23.4. The number of aromatic nitrogens is 8. The lowest BCUT2D eigenvalue weighted by atomic mass is 10.1. The summed E-state index contributed by atoms with van der Waals surface area (Å²) in [6, 6.07) is 0. The minimum Gasteiger partial charge on any atom is -0.394 e. The fraction of sp³-hybridized carbons (Fsp3) is 0.545. The number of fused-ring (bicyclic) bond motifs is 2. The van der Waals surface area contributed by atoms with Crippen LogP contribution in [-0.2, 0) is 28.0 Å². The van der Waals surface area contributed by atoms with Crippen molar-refractivity contribution in [2.75, 3.05) is 38.1 Å². The molecule has 4 aromatic heterocycles. The number of nitrogens with zero attached hydrogens (tertiary/aromatic N) is 8. The van der Waals surface area contributed by atoms with Gasteiger partial charge in [-0.05, 0) is 0 Å². The molecule has 8 N–H and O–H groups in total. The third kappa shape index (κ3) is 5.31. The number of nitrogen functional groups attached to an aromatic ring is 2. The molecule has 0 saturated carbocycles. The first kappa shape index (κ1) is 29.6. The number of rotatable bonds is 10. The smallest absolute Gasteiger partial charge is 0.353 e. The molecule has 0 aromatic carbocycles. The van der Waals surface area contributed by atoms with Crippen LogP contribution in [0, 0.1) is 0 Å². The molecule has 5 unspecified atom stereocenters. The third-order valence-corrected chi connectivity index (χ3v) is 8.30. The molecule has 2 saturated heterocycles. The highest BCUT2D eigenvalue weighted by Gasteiger charge is 2.48. The van der Waals surface area contributed by atoms with E-state index in [1.165, 1.54) is 41.6 Å². The Hall–Kier alpha value is -3.43. The van der Waals surface area contributed by atoms with Crippen LogP contribution >= 0.6 is 7.60 Å². The predicted octanol–water partition coefficient (Wildman–Crippen LogP) is -2.10. The second-order valence-electron chi connectivity index (χ2n) is 9.85. The van der Waals surface area contributed by atoms with Gasteiger partial charge in [-0.15, -0.1) is 0 Å². The highest BCUT2D eigenvalue weighted by molar-refractivity contribution is 7.52. The van der Waals surface area contributed by atoms with E-state index in [4.69, 9.17) is 34.9 Å². The highest BCUT2D eigenvalue weighted by atomic mass is 31.2. The molecule has 6 rings (SSSR count). The predicted molar refractivity (Wildman–Crippen MR) is 143 cm³/mol. The van der Waals surface area contributed by atoms with Crippen molar-refractivity contribution < 1.29 is 48.2 Å². The molecule has 2 aliphatic rings. The number of imidazole rings is 2. The molecule has 0 radical (unpaired) electrons. The molecule has 6 heterocycles. The van der Waals surface area contributed by atoms with Crippen LogP contribution in [-0.4, -0.2) is 123 Å². The highest BCUT2D eigenvalue weighted by Crippen LogP contribution is 2.45. The SMILES string of the molecule is COC1C(O)[C@@H](COP(=O)(O)COC2C(O)[C@@H](CO)O[C@H]2n2cnc3c(N)ncnc32)O[C@H]1n1cnc2c(N)ncnc21. The molecule has 21 heteroatoms. The van der Waals surface area contributed by atoms with Crippen molar-refractivity contribution in [1.29, 1.82) is 0 Å². The number of nitrogens with two attached hydrogens (primary N) is 2. The van der Waals surface area contributed by atoms with E-state index in [0.717, 1.165) is 0 Å². The van der Waals surface area contributed by atoms with E-state index >= 15 is 0 Å². The zero-order chi connectivity index (χ0) is 30.5. The molecule has 232 valence electrons. The van der Waals surface area contributed by atoms with Gasteiger partial charge in [0, 0.05) is 7.11 Å². The number of hydrogen-bond donors (Lipinski definition) is 6. The molecule has 20 nitrogen and oxygen atoms in total. The molecular formula is C22H29N10O10P. The van der Waals surface area contributed by atoms with E-state index < -0.39 is 76.2 Å². The Bertz CT molecular complexity index is 1660. The topological polar surface area (TPSA) is 283 Å². The third-order valence-electron chi connectivity index (χ3n) is 7.27. The van der Waals surface area contributed by atoms with Gasteiger partial charge in [-0.2, -0.15) is 0 Å². The number of anilines is 2. The van der Waals surface area contributed by atoms with Crippen LogP contribution in [0.25, 0.3) is 22.3 Å². The van der Waals surface area contributed by atoms with Gasteiger partial charge >= 0.3 is 7.60 Å². The second kappa shape index (κ2) is 11.6. The second-order valence-corrected chi connectivity index (χ2v) is 11.6. The van der Waals surface area contributed by atoms with E-state index in [2.05, 4.69) is 29.9 Å². The number of methoxy groups -OCH3 is 1. The summed E-state index contributed by atoms with van der Waals surface area (Å²) < 4.78 is 43.9. The lowest BCUT2D eigenvalue weighted by molar-refractivity contribution is -0.0668.